The van der Waals surface area contributed by atoms with E-state index >= 15 is 0 Å². The Labute approximate surface area is 201 Å². The predicted octanol–water partition coefficient (Wildman–Crippen LogP) is 5.05. The number of aromatic nitrogens is 8. The number of hydrogen-bond donors (Lipinski definition) is 3. The first-order chi connectivity index (χ1) is 17.2. The minimum Gasteiger partial charge on any atom is -0.489 e. The van der Waals surface area contributed by atoms with E-state index in [1.165, 1.54) is 5.56 Å². The highest BCUT2D eigenvalue weighted by Crippen LogP contribution is 2.33. The van der Waals surface area contributed by atoms with Crippen molar-refractivity contribution < 1.29 is 4.74 Å². The maximum Gasteiger partial charge on any atom is 0.205 e. The molecule has 1 unspecified atom stereocenters. The van der Waals surface area contributed by atoms with Crippen LogP contribution >= 0.6 is 0 Å². The third-order valence-corrected chi connectivity index (χ3v) is 6.44. The van der Waals surface area contributed by atoms with Crippen LogP contribution in [0.5, 0.6) is 5.75 Å². The van der Waals surface area contributed by atoms with Gasteiger partial charge in [0.25, 0.3) is 0 Å². The number of benzene rings is 3. The summed E-state index contributed by atoms with van der Waals surface area (Å²) in [5.74, 6) is 2.45. The normalized spacial score (nSPS) is 12.4. The number of fused-ring (bicyclic) bond motifs is 2. The fourth-order valence-electron chi connectivity index (χ4n) is 4.66. The van der Waals surface area contributed by atoms with E-state index in [9.17, 15) is 0 Å². The van der Waals surface area contributed by atoms with Crippen LogP contribution in [0.3, 0.4) is 0 Å². The van der Waals surface area contributed by atoms with E-state index in [-0.39, 0.29) is 5.92 Å². The zero-order valence-corrected chi connectivity index (χ0v) is 19.4. The lowest BCUT2D eigenvalue weighted by Gasteiger charge is -2.17. The summed E-state index contributed by atoms with van der Waals surface area (Å²) in [5.41, 5.74) is 5.74. The second-order valence-electron chi connectivity index (χ2n) is 8.55. The molecule has 0 aliphatic heterocycles. The van der Waals surface area contributed by atoms with Gasteiger partial charge in [0.1, 0.15) is 18.2 Å². The van der Waals surface area contributed by atoms with Crippen LogP contribution in [-0.4, -0.2) is 40.6 Å². The Morgan fingerprint density at radius 1 is 1.06 bits per heavy atom. The Hall–Kier alpha value is -4.53. The van der Waals surface area contributed by atoms with Crippen LogP contribution < -0.4 is 4.74 Å². The minimum absolute atomic E-state index is 0.147. The number of tetrazole rings is 1. The average molecular weight is 465 g/mol. The maximum absolute atomic E-state index is 6.35. The number of nitrogens with one attached hydrogen (secondary N) is 3. The second kappa shape index (κ2) is 8.68. The van der Waals surface area contributed by atoms with E-state index in [0.29, 0.717) is 18.1 Å². The molecule has 0 amide bonds. The highest BCUT2D eigenvalue weighted by Gasteiger charge is 2.19. The Morgan fingerprint density at radius 2 is 1.97 bits per heavy atom. The molecule has 0 aliphatic carbocycles. The maximum atomic E-state index is 6.35. The molecule has 0 saturated carbocycles. The van der Waals surface area contributed by atoms with Crippen LogP contribution in [0.25, 0.3) is 33.5 Å². The third-order valence-electron chi connectivity index (χ3n) is 6.44. The first-order valence-electron chi connectivity index (χ1n) is 11.6. The molecule has 3 aromatic carbocycles. The van der Waals surface area contributed by atoms with Gasteiger partial charge in [-0.3, -0.25) is 0 Å². The van der Waals surface area contributed by atoms with E-state index in [2.05, 4.69) is 84.7 Å². The minimum atomic E-state index is 0.147. The van der Waals surface area contributed by atoms with Crippen LogP contribution in [0.1, 0.15) is 41.8 Å². The molecule has 9 heteroatoms. The van der Waals surface area contributed by atoms with Crippen molar-refractivity contribution in [2.45, 2.75) is 32.8 Å². The highest BCUT2D eigenvalue weighted by molar-refractivity contribution is 5.90. The Kier molecular flexibility index (Phi) is 5.21. The van der Waals surface area contributed by atoms with Crippen LogP contribution in [0.2, 0.25) is 0 Å². The molecule has 9 nitrogen and oxygen atoms in total. The summed E-state index contributed by atoms with van der Waals surface area (Å²) in [6.07, 6.45) is 2.56. The molecule has 6 rings (SSSR count). The standard InChI is InChI=1S/C26H24N8O/c1-3-18(23-29-25-26(30-23)28-14-27-25)17-9-11-22(15(2)12-17)35-13-21-19-7-5-4-6-16(19)8-10-20(21)24-31-33-34-32-24/h4-12,14,18H,3,13H2,1-2H3,(H,27,28)(H,29,30)(H,31,32,33,34). The summed E-state index contributed by atoms with van der Waals surface area (Å²) >= 11 is 0. The number of aromatic amines is 3. The molecule has 0 saturated heterocycles. The van der Waals surface area contributed by atoms with E-state index in [0.717, 1.165) is 51.1 Å². The molecule has 6 aromatic rings. The van der Waals surface area contributed by atoms with Gasteiger partial charge in [-0.1, -0.05) is 55.5 Å². The zero-order valence-electron chi connectivity index (χ0n) is 19.4. The summed E-state index contributed by atoms with van der Waals surface area (Å²) in [6.45, 7) is 4.62. The molecule has 0 bridgehead atoms. The summed E-state index contributed by atoms with van der Waals surface area (Å²) in [7, 11) is 0. The van der Waals surface area contributed by atoms with Gasteiger partial charge < -0.3 is 14.7 Å². The van der Waals surface area contributed by atoms with E-state index in [1.54, 1.807) is 6.33 Å². The number of H-pyrrole nitrogens is 3. The fraction of sp³-hybridized carbons (Fsp3) is 0.192. The molecule has 174 valence electrons. The van der Waals surface area contributed by atoms with Crippen molar-refractivity contribution in [2.24, 2.45) is 0 Å². The molecule has 3 heterocycles. The largest absolute Gasteiger partial charge is 0.489 e. The van der Waals surface area contributed by atoms with Gasteiger partial charge >= 0.3 is 0 Å². The fourth-order valence-corrected chi connectivity index (χ4v) is 4.66. The Bertz CT molecular complexity index is 1590. The van der Waals surface area contributed by atoms with Gasteiger partial charge in [0.05, 0.1) is 6.33 Å². The van der Waals surface area contributed by atoms with Gasteiger partial charge in [0.15, 0.2) is 11.3 Å². The van der Waals surface area contributed by atoms with Crippen molar-refractivity contribution in [2.75, 3.05) is 0 Å². The van der Waals surface area contributed by atoms with Crippen LogP contribution in [-0.2, 0) is 6.61 Å². The summed E-state index contributed by atoms with van der Waals surface area (Å²) in [6, 6.07) is 18.7. The van der Waals surface area contributed by atoms with Crippen molar-refractivity contribution in [3.8, 4) is 17.1 Å². The molecule has 3 aromatic heterocycles. The summed E-state index contributed by atoms with van der Waals surface area (Å²) in [4.78, 5) is 15.4. The molecule has 35 heavy (non-hydrogen) atoms. The summed E-state index contributed by atoms with van der Waals surface area (Å²) < 4.78 is 6.35. The lowest BCUT2D eigenvalue weighted by molar-refractivity contribution is 0.306. The SMILES string of the molecule is CCC(c1ccc(OCc2c(-c3nn[nH]n3)ccc3ccccc23)c(C)c1)c1nc2nc[nH]c2[nH]1. The Balaban J connectivity index is 1.30. The van der Waals surface area contributed by atoms with Crippen molar-refractivity contribution in [1.82, 2.24) is 40.6 Å². The molecule has 0 aliphatic rings. The van der Waals surface area contributed by atoms with Crippen LogP contribution in [0.4, 0.5) is 0 Å². The molecule has 0 spiro atoms. The number of ether oxygens (including phenoxy) is 1. The van der Waals surface area contributed by atoms with Crippen molar-refractivity contribution in [3.63, 3.8) is 0 Å². The zero-order chi connectivity index (χ0) is 23.8. The number of rotatable bonds is 7. The van der Waals surface area contributed by atoms with Crippen LogP contribution in [0, 0.1) is 6.92 Å². The van der Waals surface area contributed by atoms with Crippen LogP contribution in [0.15, 0.2) is 60.9 Å². The quantitative estimate of drug-likeness (QED) is 0.304. The van der Waals surface area contributed by atoms with Gasteiger partial charge in [0.2, 0.25) is 5.82 Å². The number of nitrogens with zero attached hydrogens (tertiary/aromatic N) is 5. The smallest absolute Gasteiger partial charge is 0.205 e. The molecule has 0 radical (unpaired) electrons. The summed E-state index contributed by atoms with van der Waals surface area (Å²) in [5, 5.41) is 16.9. The van der Waals surface area contributed by atoms with Gasteiger partial charge in [-0.15, -0.1) is 10.2 Å². The average Bonchev–Trinajstić information content (AvgIpc) is 3.62. The van der Waals surface area contributed by atoms with Crippen molar-refractivity contribution >= 4 is 22.1 Å². The van der Waals surface area contributed by atoms with E-state index < -0.39 is 0 Å². The molecule has 0 fully saturated rings. The predicted molar refractivity (Wildman–Crippen MR) is 133 cm³/mol. The van der Waals surface area contributed by atoms with Gasteiger partial charge in [-0.2, -0.15) is 5.21 Å². The highest BCUT2D eigenvalue weighted by atomic mass is 16.5. The topological polar surface area (TPSA) is 121 Å². The monoisotopic (exact) mass is 464 g/mol. The molecule has 1 atom stereocenters. The molecule has 3 N–H and O–H groups in total. The first kappa shape index (κ1) is 21.0. The van der Waals surface area contributed by atoms with E-state index in [4.69, 9.17) is 4.74 Å². The Morgan fingerprint density at radius 3 is 2.77 bits per heavy atom. The second-order valence-corrected chi connectivity index (χ2v) is 8.55. The van der Waals surface area contributed by atoms with Crippen molar-refractivity contribution in [1.29, 1.82) is 0 Å². The molecular weight excluding hydrogens is 440 g/mol. The van der Waals surface area contributed by atoms with Crippen molar-refractivity contribution in [3.05, 3.63) is 83.4 Å². The van der Waals surface area contributed by atoms with Gasteiger partial charge in [-0.05, 0) is 46.5 Å². The van der Waals surface area contributed by atoms with Gasteiger partial charge in [0, 0.05) is 17.0 Å². The molecular formula is C26H24N8O. The lowest BCUT2D eigenvalue weighted by atomic mass is 9.94. The number of hydrogen-bond acceptors (Lipinski definition) is 6. The number of aryl methyl sites for hydroxylation is 1. The third kappa shape index (κ3) is 3.80. The van der Waals surface area contributed by atoms with E-state index in [1.807, 2.05) is 24.3 Å². The lowest BCUT2D eigenvalue weighted by Crippen LogP contribution is -2.04. The van der Waals surface area contributed by atoms with Gasteiger partial charge in [-0.25, -0.2) is 9.97 Å². The first-order valence-corrected chi connectivity index (χ1v) is 11.6. The number of imidazole rings is 2.